The zero-order valence-corrected chi connectivity index (χ0v) is 16.5. The van der Waals surface area contributed by atoms with Gasteiger partial charge in [-0.25, -0.2) is 4.99 Å². The first-order valence-electron chi connectivity index (χ1n) is 10.4. The second-order valence-corrected chi connectivity index (χ2v) is 7.49. The lowest BCUT2D eigenvalue weighted by Crippen LogP contribution is -2.41. The highest BCUT2D eigenvalue weighted by molar-refractivity contribution is 5.79. The molecule has 2 saturated heterocycles. The van der Waals surface area contributed by atoms with Crippen molar-refractivity contribution in [2.24, 2.45) is 10.9 Å². The van der Waals surface area contributed by atoms with Crippen molar-refractivity contribution in [2.45, 2.75) is 45.3 Å². The summed E-state index contributed by atoms with van der Waals surface area (Å²) in [4.78, 5) is 7.11. The van der Waals surface area contributed by atoms with Crippen LogP contribution in [0.25, 0.3) is 0 Å². The van der Waals surface area contributed by atoms with Gasteiger partial charge in [0.05, 0.1) is 12.6 Å². The molecule has 2 aliphatic heterocycles. The Bertz CT molecular complexity index is 576. The normalized spacial score (nSPS) is 21.5. The summed E-state index contributed by atoms with van der Waals surface area (Å²) in [5.41, 5.74) is 2.47. The first-order valence-corrected chi connectivity index (χ1v) is 10.4. The van der Waals surface area contributed by atoms with E-state index < -0.39 is 0 Å². The third kappa shape index (κ3) is 6.11. The van der Waals surface area contributed by atoms with Gasteiger partial charge in [-0.15, -0.1) is 0 Å². The average molecular weight is 375 g/mol. The summed E-state index contributed by atoms with van der Waals surface area (Å²) in [6, 6.07) is 8.72. The second-order valence-electron chi connectivity index (χ2n) is 7.49. The fourth-order valence-corrected chi connectivity index (χ4v) is 3.71. The van der Waals surface area contributed by atoms with E-state index in [2.05, 4.69) is 46.7 Å². The maximum atomic E-state index is 9.28. The van der Waals surface area contributed by atoms with Gasteiger partial charge in [0.25, 0.3) is 0 Å². The summed E-state index contributed by atoms with van der Waals surface area (Å²) in [7, 11) is 0. The Hall–Kier alpha value is -1.79. The molecule has 1 unspecified atom stereocenters. The Labute approximate surface area is 163 Å². The molecule has 1 atom stereocenters. The molecular weight excluding hydrogens is 340 g/mol. The molecule has 3 rings (SSSR count). The molecule has 0 spiro atoms. The van der Waals surface area contributed by atoms with Crippen LogP contribution in [0, 0.1) is 5.92 Å². The van der Waals surface area contributed by atoms with Crippen molar-refractivity contribution in [3.8, 4) is 0 Å². The lowest BCUT2D eigenvalue weighted by atomic mass is 9.97. The third-order valence-electron chi connectivity index (χ3n) is 5.46. The van der Waals surface area contributed by atoms with E-state index in [0.29, 0.717) is 25.2 Å². The van der Waals surface area contributed by atoms with Crippen LogP contribution in [0.5, 0.6) is 0 Å². The van der Waals surface area contributed by atoms with E-state index >= 15 is 0 Å². The number of nitrogens with one attached hydrogen (secondary N) is 2. The summed E-state index contributed by atoms with van der Waals surface area (Å²) < 4.78 is 5.67. The van der Waals surface area contributed by atoms with Crippen LogP contribution in [0.15, 0.2) is 29.3 Å². The molecule has 0 aromatic heterocycles. The standard InChI is InChI=1S/C21H34N4O2/c1-2-22-21(24-15-20-4-3-13-27-20)23-14-17-5-7-19(8-6-17)25-11-9-18(16-26)10-12-25/h5-8,18,20,26H,2-4,9-16H2,1H3,(H2,22,23,24). The van der Waals surface area contributed by atoms with Crippen molar-refractivity contribution in [1.29, 1.82) is 0 Å². The van der Waals surface area contributed by atoms with Gasteiger partial charge in [0.1, 0.15) is 0 Å². The molecule has 27 heavy (non-hydrogen) atoms. The molecule has 2 aliphatic rings. The van der Waals surface area contributed by atoms with Gasteiger partial charge in [-0.2, -0.15) is 0 Å². The number of aliphatic imine (C=N–C) groups is 1. The first kappa shape index (κ1) is 20.0. The van der Waals surface area contributed by atoms with E-state index in [1.54, 1.807) is 0 Å². The number of hydrogen-bond donors (Lipinski definition) is 3. The van der Waals surface area contributed by atoms with Crippen LogP contribution in [-0.4, -0.2) is 56.6 Å². The quantitative estimate of drug-likeness (QED) is 0.504. The predicted octanol–water partition coefficient (Wildman–Crippen LogP) is 2.13. The molecule has 0 radical (unpaired) electrons. The highest BCUT2D eigenvalue weighted by Crippen LogP contribution is 2.23. The summed E-state index contributed by atoms with van der Waals surface area (Å²) in [6.07, 6.45) is 4.74. The molecule has 6 nitrogen and oxygen atoms in total. The van der Waals surface area contributed by atoms with Crippen LogP contribution in [-0.2, 0) is 11.3 Å². The summed E-state index contributed by atoms with van der Waals surface area (Å²) in [5.74, 6) is 1.32. The molecule has 0 amide bonds. The fourth-order valence-electron chi connectivity index (χ4n) is 3.71. The molecule has 0 aliphatic carbocycles. The summed E-state index contributed by atoms with van der Waals surface area (Å²) in [6.45, 7) is 7.66. The van der Waals surface area contributed by atoms with Crippen molar-refractivity contribution in [2.75, 3.05) is 44.3 Å². The zero-order valence-electron chi connectivity index (χ0n) is 16.5. The number of guanidine groups is 1. The van der Waals surface area contributed by atoms with Crippen LogP contribution < -0.4 is 15.5 Å². The van der Waals surface area contributed by atoms with Gasteiger partial charge in [-0.1, -0.05) is 12.1 Å². The number of anilines is 1. The maximum Gasteiger partial charge on any atom is 0.191 e. The van der Waals surface area contributed by atoms with E-state index in [-0.39, 0.29) is 0 Å². The Kier molecular flexibility index (Phi) is 7.78. The summed E-state index contributed by atoms with van der Waals surface area (Å²) >= 11 is 0. The van der Waals surface area contributed by atoms with Gasteiger partial charge < -0.3 is 25.4 Å². The highest BCUT2D eigenvalue weighted by Gasteiger charge is 2.18. The summed E-state index contributed by atoms with van der Waals surface area (Å²) in [5, 5.41) is 16.0. The monoisotopic (exact) mass is 374 g/mol. The van der Waals surface area contributed by atoms with Gasteiger partial charge in [-0.05, 0) is 56.2 Å². The third-order valence-corrected chi connectivity index (χ3v) is 5.46. The highest BCUT2D eigenvalue weighted by atomic mass is 16.5. The SMILES string of the molecule is CCNC(=NCc1ccc(N2CCC(CO)CC2)cc1)NCC1CCCO1. The van der Waals surface area contributed by atoms with Gasteiger partial charge in [-0.3, -0.25) is 0 Å². The van der Waals surface area contributed by atoms with Gasteiger partial charge in [0.2, 0.25) is 0 Å². The number of ether oxygens (including phenoxy) is 1. The molecule has 0 saturated carbocycles. The Morgan fingerprint density at radius 3 is 2.59 bits per heavy atom. The Balaban J connectivity index is 1.50. The van der Waals surface area contributed by atoms with Crippen LogP contribution in [0.4, 0.5) is 5.69 Å². The predicted molar refractivity (Wildman–Crippen MR) is 110 cm³/mol. The van der Waals surface area contributed by atoms with Crippen molar-refractivity contribution < 1.29 is 9.84 Å². The molecule has 1 aromatic rings. The average Bonchev–Trinajstić information content (AvgIpc) is 3.24. The van der Waals surface area contributed by atoms with Crippen molar-refractivity contribution in [3.05, 3.63) is 29.8 Å². The number of hydrogen-bond acceptors (Lipinski definition) is 4. The van der Waals surface area contributed by atoms with Gasteiger partial charge in [0, 0.05) is 45.1 Å². The molecule has 150 valence electrons. The van der Waals surface area contributed by atoms with Gasteiger partial charge in [0.15, 0.2) is 5.96 Å². The lowest BCUT2D eigenvalue weighted by Gasteiger charge is -2.32. The number of rotatable bonds is 7. The largest absolute Gasteiger partial charge is 0.396 e. The van der Waals surface area contributed by atoms with Crippen LogP contribution in [0.2, 0.25) is 0 Å². The topological polar surface area (TPSA) is 69.1 Å². The smallest absolute Gasteiger partial charge is 0.191 e. The number of aliphatic hydroxyl groups excluding tert-OH is 1. The van der Waals surface area contributed by atoms with Crippen molar-refractivity contribution >= 4 is 11.6 Å². The minimum Gasteiger partial charge on any atom is -0.396 e. The van der Waals surface area contributed by atoms with E-state index in [1.807, 2.05) is 0 Å². The number of aliphatic hydroxyl groups is 1. The molecule has 6 heteroatoms. The number of benzene rings is 1. The Morgan fingerprint density at radius 2 is 1.96 bits per heavy atom. The van der Waals surface area contributed by atoms with Crippen LogP contribution in [0.1, 0.15) is 38.2 Å². The Morgan fingerprint density at radius 1 is 1.19 bits per heavy atom. The van der Waals surface area contributed by atoms with E-state index in [4.69, 9.17) is 9.73 Å². The first-order chi connectivity index (χ1) is 13.3. The van der Waals surface area contributed by atoms with Crippen molar-refractivity contribution in [3.63, 3.8) is 0 Å². The molecular formula is C21H34N4O2. The van der Waals surface area contributed by atoms with Crippen LogP contribution in [0.3, 0.4) is 0 Å². The molecule has 1 aromatic carbocycles. The number of piperidine rings is 1. The number of nitrogens with zero attached hydrogens (tertiary/aromatic N) is 2. The molecule has 2 fully saturated rings. The van der Waals surface area contributed by atoms with Crippen molar-refractivity contribution in [1.82, 2.24) is 10.6 Å². The fraction of sp³-hybridized carbons (Fsp3) is 0.667. The maximum absolute atomic E-state index is 9.28. The van der Waals surface area contributed by atoms with Gasteiger partial charge >= 0.3 is 0 Å². The zero-order chi connectivity index (χ0) is 18.9. The molecule has 2 heterocycles. The lowest BCUT2D eigenvalue weighted by molar-refractivity contribution is 0.114. The van der Waals surface area contributed by atoms with Crippen LogP contribution >= 0.6 is 0 Å². The second kappa shape index (κ2) is 10.5. The van der Waals surface area contributed by atoms with E-state index in [0.717, 1.165) is 64.4 Å². The van der Waals surface area contributed by atoms with E-state index in [9.17, 15) is 5.11 Å². The van der Waals surface area contributed by atoms with E-state index in [1.165, 1.54) is 11.3 Å². The molecule has 3 N–H and O–H groups in total. The minimum atomic E-state index is 0.308. The minimum absolute atomic E-state index is 0.308. The molecule has 0 bridgehead atoms.